The van der Waals surface area contributed by atoms with Gasteiger partial charge in [-0.05, 0) is 25.0 Å². The summed E-state index contributed by atoms with van der Waals surface area (Å²) >= 11 is 0.966. The molecule has 0 radical (unpaired) electrons. The smallest absolute Gasteiger partial charge is 0.247 e. The van der Waals surface area contributed by atoms with Gasteiger partial charge in [-0.2, -0.15) is 5.10 Å². The van der Waals surface area contributed by atoms with Crippen LogP contribution in [0, 0.1) is 0 Å². The Bertz CT molecular complexity index is 1110. The minimum absolute atomic E-state index is 0. The summed E-state index contributed by atoms with van der Waals surface area (Å²) in [4.78, 5) is 20.0. The zero-order valence-corrected chi connectivity index (χ0v) is 15.5. The van der Waals surface area contributed by atoms with Gasteiger partial charge in [-0.25, -0.2) is 23.5 Å². The number of anilines is 3. The third-order valence-corrected chi connectivity index (χ3v) is 6.47. The van der Waals surface area contributed by atoms with Crippen LogP contribution >= 0.6 is 11.3 Å². The van der Waals surface area contributed by atoms with Gasteiger partial charge in [-0.1, -0.05) is 0 Å². The Morgan fingerprint density at radius 2 is 2.19 bits per heavy atom. The van der Waals surface area contributed by atoms with Crippen LogP contribution < -0.4 is 15.8 Å². The first kappa shape index (κ1) is 17.6. The summed E-state index contributed by atoms with van der Waals surface area (Å²) in [6.45, 7) is 0. The number of nitrogens with one attached hydrogen (secondary N) is 3. The number of aromatic amines is 1. The number of carbonyl (C=O) groups is 1. The molecule has 0 bridgehead atoms. The Morgan fingerprint density at radius 1 is 1.37 bits per heavy atom. The van der Waals surface area contributed by atoms with Gasteiger partial charge in [0.2, 0.25) is 16.4 Å². The van der Waals surface area contributed by atoms with Gasteiger partial charge in [0.1, 0.15) is 9.90 Å². The topological polar surface area (TPSA) is 156 Å². The predicted octanol–water partition coefficient (Wildman–Crippen LogP) is 2.01. The number of hydrogen-bond donors (Lipinski definition) is 4. The number of amides is 1. The predicted molar refractivity (Wildman–Crippen MR) is 102 cm³/mol. The van der Waals surface area contributed by atoms with Gasteiger partial charge in [0.15, 0.2) is 17.5 Å². The molecule has 12 heteroatoms. The molecule has 27 heavy (non-hydrogen) atoms. The average Bonchev–Trinajstić information content (AvgIpc) is 3.16. The fourth-order valence-corrected chi connectivity index (χ4v) is 4.15. The second-order valence-corrected chi connectivity index (χ2v) is 8.86. The molecule has 1 fully saturated rings. The fraction of sp³-hybridized carbons (Fsp3) is 0.200. The van der Waals surface area contributed by atoms with Gasteiger partial charge >= 0.3 is 0 Å². The molecule has 0 saturated heterocycles. The molecular weight excluding hydrogens is 390 g/mol. The van der Waals surface area contributed by atoms with E-state index in [4.69, 9.17) is 5.14 Å². The molecule has 142 valence electrons. The Hall–Kier alpha value is -2.83. The number of carbonyl (C=O) groups excluding carboxylic acids is 1. The van der Waals surface area contributed by atoms with Crippen molar-refractivity contribution in [3.05, 3.63) is 30.1 Å². The molecule has 1 saturated carbocycles. The van der Waals surface area contributed by atoms with Crippen LogP contribution in [0.25, 0.3) is 10.7 Å². The van der Waals surface area contributed by atoms with Crippen molar-refractivity contribution in [3.8, 4) is 10.7 Å². The fourth-order valence-electron chi connectivity index (χ4n) is 2.48. The van der Waals surface area contributed by atoms with Crippen molar-refractivity contribution in [2.45, 2.75) is 23.0 Å². The number of thiophene rings is 1. The lowest BCUT2D eigenvalue weighted by molar-refractivity contribution is -0.105. The highest BCUT2D eigenvalue weighted by Gasteiger charge is 2.25. The third-order valence-electron chi connectivity index (χ3n) is 3.95. The second kappa shape index (κ2) is 6.72. The first-order valence-electron chi connectivity index (χ1n) is 7.96. The van der Waals surface area contributed by atoms with E-state index in [1.165, 1.54) is 12.3 Å². The van der Waals surface area contributed by atoms with Gasteiger partial charge in [-0.3, -0.25) is 9.89 Å². The van der Waals surface area contributed by atoms with Gasteiger partial charge < -0.3 is 10.6 Å². The summed E-state index contributed by atoms with van der Waals surface area (Å²) in [5.74, 6) is 1.72. The number of sulfonamides is 1. The number of hydrogen-bond acceptors (Lipinski definition) is 8. The number of nitrogens with two attached hydrogens (primary N) is 1. The number of primary sulfonamides is 1. The molecular formula is C15H17N7O3S2. The molecule has 1 aliphatic rings. The molecule has 0 aromatic carbocycles. The lowest BCUT2D eigenvalue weighted by Gasteiger charge is -2.09. The number of rotatable bonds is 7. The summed E-state index contributed by atoms with van der Waals surface area (Å²) < 4.78 is 22.9. The largest absolute Gasteiger partial charge is 0.324 e. The van der Waals surface area contributed by atoms with Crippen LogP contribution in [0.1, 0.15) is 25.9 Å². The Balaban J connectivity index is 0.00000225. The lowest BCUT2D eigenvalue weighted by atomic mass is 10.3. The molecule has 0 atom stereocenters. The average molecular weight is 407 g/mol. The van der Waals surface area contributed by atoms with Crippen molar-refractivity contribution in [1.82, 2.24) is 20.2 Å². The van der Waals surface area contributed by atoms with Gasteiger partial charge in [0, 0.05) is 19.1 Å². The van der Waals surface area contributed by atoms with Crippen molar-refractivity contribution < 1.29 is 14.6 Å². The van der Waals surface area contributed by atoms with E-state index in [1.807, 2.05) is 6.07 Å². The molecule has 3 aromatic heterocycles. The van der Waals surface area contributed by atoms with E-state index >= 15 is 0 Å². The minimum Gasteiger partial charge on any atom is -0.324 e. The molecule has 3 heterocycles. The van der Waals surface area contributed by atoms with Crippen molar-refractivity contribution in [2.24, 2.45) is 5.14 Å². The summed E-state index contributed by atoms with van der Waals surface area (Å²) in [5.41, 5.74) is 1.42. The zero-order chi connectivity index (χ0) is 19.0. The number of nitrogens with zero attached hydrogens (tertiary/aromatic N) is 3. The Labute approximate surface area is 159 Å². The van der Waals surface area contributed by atoms with E-state index in [9.17, 15) is 13.2 Å². The van der Waals surface area contributed by atoms with E-state index in [-0.39, 0.29) is 5.64 Å². The van der Waals surface area contributed by atoms with Crippen molar-refractivity contribution in [3.63, 3.8) is 0 Å². The van der Waals surface area contributed by atoms with Crippen LogP contribution in [0.15, 0.2) is 28.6 Å². The van der Waals surface area contributed by atoms with E-state index in [0.29, 0.717) is 40.4 Å². The van der Waals surface area contributed by atoms with E-state index in [2.05, 4.69) is 30.8 Å². The van der Waals surface area contributed by atoms with Crippen molar-refractivity contribution in [1.29, 1.82) is 0 Å². The van der Waals surface area contributed by atoms with Crippen LogP contribution in [0.5, 0.6) is 0 Å². The zero-order valence-electron chi connectivity index (χ0n) is 13.8. The first-order valence-corrected chi connectivity index (χ1v) is 10.3. The van der Waals surface area contributed by atoms with Crippen molar-refractivity contribution >= 4 is 45.1 Å². The molecule has 1 amide bonds. The molecule has 1 aliphatic carbocycles. The molecule has 0 aliphatic heterocycles. The van der Waals surface area contributed by atoms with Crippen LogP contribution in [0.2, 0.25) is 0 Å². The molecule has 4 rings (SSSR count). The van der Waals surface area contributed by atoms with Gasteiger partial charge in [0.05, 0.1) is 11.1 Å². The highest BCUT2D eigenvalue weighted by molar-refractivity contribution is 7.91. The van der Waals surface area contributed by atoms with Crippen LogP contribution in [0.4, 0.5) is 17.3 Å². The maximum Gasteiger partial charge on any atom is 0.247 e. The molecule has 5 N–H and O–H groups in total. The second-order valence-electron chi connectivity index (χ2n) is 5.99. The van der Waals surface area contributed by atoms with E-state index < -0.39 is 10.0 Å². The van der Waals surface area contributed by atoms with Crippen LogP contribution in [-0.4, -0.2) is 35.0 Å². The lowest BCUT2D eigenvalue weighted by Crippen LogP contribution is -2.09. The normalized spacial score (nSPS) is 14.1. The Kier molecular flexibility index (Phi) is 4.37. The molecule has 10 nitrogen and oxygen atoms in total. The monoisotopic (exact) mass is 407 g/mol. The van der Waals surface area contributed by atoms with Crippen LogP contribution in [0.3, 0.4) is 0 Å². The number of H-pyrrole nitrogens is 1. The number of aromatic nitrogens is 4. The van der Waals surface area contributed by atoms with Crippen LogP contribution in [-0.2, 0) is 14.8 Å². The van der Waals surface area contributed by atoms with Crippen molar-refractivity contribution in [2.75, 3.05) is 10.6 Å². The standard InChI is InChI=1S/C15H15N7O3S2.H2/c16-27(24,25)13-4-3-11(26-13)15-17-6-10(18-7-23)14(20-15)19-12-5-9(21-22-12)8-1-2-8;/h3-8H,1-2H2,(H,18,23)(H2,16,24,25)(H2,17,19,20,21,22);1H. The molecule has 3 aromatic rings. The van der Waals surface area contributed by atoms with Gasteiger partial charge in [0.25, 0.3) is 0 Å². The van der Waals surface area contributed by atoms with E-state index in [1.54, 1.807) is 6.07 Å². The highest BCUT2D eigenvalue weighted by atomic mass is 32.2. The third kappa shape index (κ3) is 3.82. The summed E-state index contributed by atoms with van der Waals surface area (Å²) in [6, 6.07) is 4.88. The first-order chi connectivity index (χ1) is 12.9. The SMILES string of the molecule is NS(=O)(=O)c1ccc(-c2ncc(NC=O)c(Nc3cc(C4CC4)[nH]n3)n2)s1.[HH]. The summed E-state index contributed by atoms with van der Waals surface area (Å²) in [5, 5.41) is 17.9. The molecule has 0 unspecified atom stereocenters. The maximum absolute atomic E-state index is 11.5. The summed E-state index contributed by atoms with van der Waals surface area (Å²) in [6.07, 6.45) is 4.24. The maximum atomic E-state index is 11.5. The molecule has 0 spiro atoms. The summed E-state index contributed by atoms with van der Waals surface area (Å²) in [7, 11) is -3.79. The Morgan fingerprint density at radius 3 is 2.85 bits per heavy atom. The highest BCUT2D eigenvalue weighted by Crippen LogP contribution is 2.40. The minimum atomic E-state index is -3.79. The quantitative estimate of drug-likeness (QED) is 0.436. The van der Waals surface area contributed by atoms with Gasteiger partial charge in [-0.15, -0.1) is 11.3 Å². The van der Waals surface area contributed by atoms with E-state index in [0.717, 1.165) is 29.9 Å².